The van der Waals surface area contributed by atoms with E-state index in [1.807, 2.05) is 88.4 Å². The molecule has 0 spiro atoms. The van der Waals surface area contributed by atoms with Crippen LogP contribution >= 0.6 is 0 Å². The summed E-state index contributed by atoms with van der Waals surface area (Å²) >= 11 is 0. The van der Waals surface area contributed by atoms with E-state index in [2.05, 4.69) is 35.4 Å². The number of nitrogens with one attached hydrogen (secondary N) is 2. The Morgan fingerprint density at radius 1 is 0.653 bits per heavy atom. The highest BCUT2D eigenvalue weighted by atomic mass is 19.1. The number of hydrogen-bond donors (Lipinski definition) is 3. The molecule has 376 valence electrons. The van der Waals surface area contributed by atoms with Gasteiger partial charge < -0.3 is 35.6 Å². The second-order valence-corrected chi connectivity index (χ2v) is 17.4. The number of halogens is 2. The van der Waals surface area contributed by atoms with Gasteiger partial charge >= 0.3 is 18.2 Å². The van der Waals surface area contributed by atoms with E-state index in [9.17, 15) is 23.6 Å². The summed E-state index contributed by atoms with van der Waals surface area (Å²) in [5.41, 5.74) is 11.6. The first kappa shape index (κ1) is 53.3. The Labute approximate surface area is 418 Å². The minimum absolute atomic E-state index is 0.00357. The fraction of sp³-hybridized carbons (Fsp3) is 0.296. The molecule has 18 heteroatoms. The highest BCUT2D eigenvalue weighted by Crippen LogP contribution is 2.23. The molecule has 0 bridgehead atoms. The number of aryl methyl sites for hydroxylation is 2. The molecule has 0 saturated carbocycles. The maximum atomic E-state index is 15.2. The third-order valence-electron chi connectivity index (χ3n) is 11.8. The number of aliphatic imine (C=N–C) groups is 1. The lowest BCUT2D eigenvalue weighted by Gasteiger charge is -2.39. The minimum atomic E-state index is -0.548. The van der Waals surface area contributed by atoms with Gasteiger partial charge in [0, 0.05) is 87.0 Å². The molecule has 2 atom stereocenters. The van der Waals surface area contributed by atoms with Crippen molar-refractivity contribution in [2.45, 2.75) is 66.1 Å². The van der Waals surface area contributed by atoms with Crippen LogP contribution < -0.4 is 16.4 Å². The van der Waals surface area contributed by atoms with Gasteiger partial charge in [-0.1, -0.05) is 84.9 Å². The molecule has 2 aliphatic rings. The molecular weight excluding hydrogens is 923 g/mol. The summed E-state index contributed by atoms with van der Waals surface area (Å²) in [6.45, 7) is 12.5. The fourth-order valence-corrected chi connectivity index (χ4v) is 7.91. The van der Waals surface area contributed by atoms with Crippen molar-refractivity contribution in [2.24, 2.45) is 4.99 Å². The summed E-state index contributed by atoms with van der Waals surface area (Å²) in [6, 6.07) is 35.5. The number of hydrogen-bond acceptors (Lipinski definition) is 12. The van der Waals surface area contributed by atoms with Gasteiger partial charge in [-0.2, -0.15) is 4.99 Å². The molecule has 6 aromatic rings. The predicted octanol–water partition coefficient (Wildman–Crippen LogP) is 9.62. The van der Waals surface area contributed by atoms with Gasteiger partial charge in [0.25, 0.3) is 0 Å². The summed E-state index contributed by atoms with van der Waals surface area (Å²) in [5, 5.41) is 5.22. The van der Waals surface area contributed by atoms with Crippen molar-refractivity contribution < 1.29 is 37.4 Å². The molecule has 72 heavy (non-hydrogen) atoms. The number of piperazine rings is 2. The zero-order valence-electron chi connectivity index (χ0n) is 40.8. The molecule has 4 N–H and O–H groups in total. The summed E-state index contributed by atoms with van der Waals surface area (Å²) in [6.07, 6.45) is 3.85. The van der Waals surface area contributed by atoms with Crippen LogP contribution in [0.3, 0.4) is 0 Å². The van der Waals surface area contributed by atoms with Gasteiger partial charge in [0.2, 0.25) is 6.08 Å². The molecule has 2 fully saturated rings. The second-order valence-electron chi connectivity index (χ2n) is 17.4. The molecule has 0 radical (unpaired) electrons. The van der Waals surface area contributed by atoms with Crippen LogP contribution in [0.2, 0.25) is 0 Å². The van der Waals surface area contributed by atoms with Crippen LogP contribution in [0.4, 0.5) is 45.9 Å². The zero-order chi connectivity index (χ0) is 51.4. The average Bonchev–Trinajstić information content (AvgIpc) is 3.38. The third kappa shape index (κ3) is 16.3. The van der Waals surface area contributed by atoms with Crippen LogP contribution in [-0.4, -0.2) is 105 Å². The van der Waals surface area contributed by atoms with Crippen LogP contribution in [-0.2, 0) is 40.6 Å². The highest BCUT2D eigenvalue weighted by molar-refractivity contribution is 5.99. The van der Waals surface area contributed by atoms with Gasteiger partial charge in [-0.25, -0.2) is 28.0 Å². The molecule has 0 aliphatic carbocycles. The number of nitrogens with two attached hydrogens (primary N) is 1. The summed E-state index contributed by atoms with van der Waals surface area (Å²) in [5.74, 6) is -0.836. The first-order valence-electron chi connectivity index (χ1n) is 23.5. The number of nitrogen functional groups attached to an aromatic ring is 1. The lowest BCUT2D eigenvalue weighted by molar-refractivity contribution is 0.0450. The summed E-state index contributed by atoms with van der Waals surface area (Å²) in [4.78, 5) is 66.1. The maximum absolute atomic E-state index is 15.2. The fourth-order valence-electron chi connectivity index (χ4n) is 7.91. The lowest BCUT2D eigenvalue weighted by Crippen LogP contribution is -2.53. The van der Waals surface area contributed by atoms with E-state index in [0.717, 1.165) is 22.5 Å². The van der Waals surface area contributed by atoms with E-state index in [4.69, 9.17) is 15.2 Å². The normalized spacial score (nSPS) is 15.6. The van der Waals surface area contributed by atoms with E-state index >= 15 is 4.39 Å². The lowest BCUT2D eigenvalue weighted by atomic mass is 10.1. The molecule has 2 aliphatic heterocycles. The van der Waals surface area contributed by atoms with Crippen LogP contribution in [0.5, 0.6) is 0 Å². The van der Waals surface area contributed by atoms with Crippen molar-refractivity contribution >= 4 is 47.0 Å². The molecule has 16 nitrogen and oxygen atoms in total. The van der Waals surface area contributed by atoms with Crippen molar-refractivity contribution in [3.05, 3.63) is 179 Å². The van der Waals surface area contributed by atoms with Crippen molar-refractivity contribution in [3.63, 3.8) is 0 Å². The molecule has 4 amide bonds. The second kappa shape index (κ2) is 26.8. The largest absolute Gasteiger partial charge is 0.445 e. The van der Waals surface area contributed by atoms with Gasteiger partial charge in [0.1, 0.15) is 13.2 Å². The average molecular weight is 983 g/mol. The predicted molar refractivity (Wildman–Crippen MR) is 272 cm³/mol. The van der Waals surface area contributed by atoms with Gasteiger partial charge in [-0.05, 0) is 75.2 Å². The van der Waals surface area contributed by atoms with E-state index in [0.29, 0.717) is 74.9 Å². The van der Waals surface area contributed by atoms with Gasteiger partial charge in [-0.15, -0.1) is 0 Å². The van der Waals surface area contributed by atoms with Crippen LogP contribution in [0.1, 0.15) is 47.5 Å². The van der Waals surface area contributed by atoms with Gasteiger partial charge in [-0.3, -0.25) is 19.8 Å². The van der Waals surface area contributed by atoms with E-state index in [-0.39, 0.29) is 54.7 Å². The van der Waals surface area contributed by atoms with E-state index in [1.54, 1.807) is 70.6 Å². The first-order valence-corrected chi connectivity index (χ1v) is 23.5. The standard InChI is InChI=1S/C27H30FN5O3.C20H24FN3O2.C7H6N2O/c1-19-11-12-23(15-29-19)30-26(34)31-24-10-6-9-22(25(24)28)17-32-13-14-33(20(2)16-32)27(35)36-18-21-7-4-3-5-8-21;1-15-12-23(13-17-8-5-9-18(22)19(17)21)10-11-24(15)20(25)26-14-16-6-3-2-4-7-16;1-6-2-3-7(4-8-6)9-5-10/h3-12,15,20H,13-14,16-18H2,1-2H3,(H2,30,31,34);2-9,15H,10-14,22H2,1H3;2-4H,1H3/t20-;15-;/m11./s1. The van der Waals surface area contributed by atoms with Crippen LogP contribution in [0, 0.1) is 25.5 Å². The summed E-state index contributed by atoms with van der Waals surface area (Å²) < 4.78 is 40.1. The number of ether oxygens (including phenoxy) is 2. The SMILES string of the molecule is C[C@@H]1CN(Cc2cccc(N)c2F)CCN1C(=O)OCc1ccccc1.Cc1ccc(N=C=O)cn1.Cc1ccc(NC(=O)Nc2cccc(CN3CCN(C(=O)OCc4ccccc4)[C@H](C)C3)c2F)cn1. The number of isocyanates is 1. The number of urea groups is 1. The monoisotopic (exact) mass is 982 g/mol. The van der Waals surface area contributed by atoms with E-state index < -0.39 is 11.8 Å². The maximum Gasteiger partial charge on any atom is 0.410 e. The van der Waals surface area contributed by atoms with Gasteiger partial charge in [0.15, 0.2) is 11.6 Å². The first-order chi connectivity index (χ1) is 34.8. The number of carbonyl (C=O) groups is 3. The van der Waals surface area contributed by atoms with Crippen molar-refractivity contribution in [3.8, 4) is 0 Å². The van der Waals surface area contributed by atoms with Crippen LogP contribution in [0.15, 0.2) is 139 Å². The van der Waals surface area contributed by atoms with E-state index in [1.165, 1.54) is 18.3 Å². The van der Waals surface area contributed by atoms with Crippen molar-refractivity contribution in [1.29, 1.82) is 0 Å². The Bertz CT molecular complexity index is 2750. The Balaban J connectivity index is 0.000000204. The number of amides is 4. The third-order valence-corrected chi connectivity index (χ3v) is 11.8. The Morgan fingerprint density at radius 3 is 1.65 bits per heavy atom. The number of anilines is 3. The molecule has 2 saturated heterocycles. The van der Waals surface area contributed by atoms with Gasteiger partial charge in [0.05, 0.1) is 35.1 Å². The molecule has 4 aromatic carbocycles. The topological polar surface area (TPSA) is 188 Å². The number of rotatable bonds is 11. The number of nitrogens with zero attached hydrogens (tertiary/aromatic N) is 7. The number of pyridine rings is 2. The minimum Gasteiger partial charge on any atom is -0.445 e. The van der Waals surface area contributed by atoms with Crippen LogP contribution in [0.25, 0.3) is 0 Å². The zero-order valence-corrected chi connectivity index (χ0v) is 40.8. The Morgan fingerprint density at radius 2 is 1.17 bits per heavy atom. The Kier molecular flexibility index (Phi) is 19.8. The molecule has 8 rings (SSSR count). The molecule has 4 heterocycles. The number of carbonyl (C=O) groups excluding carboxylic acids is 4. The van der Waals surface area contributed by atoms with Crippen molar-refractivity contribution in [1.82, 2.24) is 29.6 Å². The van der Waals surface area contributed by atoms with Crippen molar-refractivity contribution in [2.75, 3.05) is 55.6 Å². The quantitative estimate of drug-likeness (QED) is 0.0637. The molecule has 0 unspecified atom stereocenters. The summed E-state index contributed by atoms with van der Waals surface area (Å²) in [7, 11) is 0. The Hall–Kier alpha value is -8.05. The number of aromatic nitrogens is 2. The molecular formula is C54H60F2N10O6. The number of benzene rings is 4. The highest BCUT2D eigenvalue weighted by Gasteiger charge is 2.30. The smallest absolute Gasteiger partial charge is 0.410 e. The molecule has 2 aromatic heterocycles.